The largest absolute Gasteiger partial charge is 0.409 e. The molecule has 0 saturated heterocycles. The van der Waals surface area contributed by atoms with E-state index in [0.717, 1.165) is 17.9 Å². The maximum atomic E-state index is 8.45. The molecular weight excluding hydrogens is 206 g/mol. The number of nitrogens with zero attached hydrogens (tertiary/aromatic N) is 4. The summed E-state index contributed by atoms with van der Waals surface area (Å²) in [7, 11) is 0. The van der Waals surface area contributed by atoms with Crippen LogP contribution in [0.1, 0.15) is 18.9 Å². The van der Waals surface area contributed by atoms with E-state index in [1.165, 1.54) is 0 Å². The van der Waals surface area contributed by atoms with E-state index in [0.29, 0.717) is 13.0 Å². The molecule has 0 aliphatic heterocycles. The number of nitrogens with two attached hydrogens (primary N) is 1. The van der Waals surface area contributed by atoms with Crippen molar-refractivity contribution in [1.29, 1.82) is 0 Å². The number of aryl methyl sites for hydroxylation is 1. The van der Waals surface area contributed by atoms with Crippen LogP contribution >= 0.6 is 0 Å². The summed E-state index contributed by atoms with van der Waals surface area (Å²) in [6, 6.07) is 1.96. The van der Waals surface area contributed by atoms with Crippen molar-refractivity contribution in [2.24, 2.45) is 10.9 Å². The van der Waals surface area contributed by atoms with Gasteiger partial charge in [0.2, 0.25) is 0 Å². The normalized spacial score (nSPS) is 11.5. The molecule has 0 spiro atoms. The van der Waals surface area contributed by atoms with Crippen molar-refractivity contribution < 1.29 is 5.21 Å². The summed E-state index contributed by atoms with van der Waals surface area (Å²) < 4.78 is 0. The van der Waals surface area contributed by atoms with Gasteiger partial charge in [-0.15, -0.1) is 5.10 Å². The monoisotopic (exact) mass is 223 g/mol. The molecule has 0 atom stereocenters. The van der Waals surface area contributed by atoms with Gasteiger partial charge in [0.15, 0.2) is 5.82 Å². The zero-order valence-electron chi connectivity index (χ0n) is 9.59. The molecule has 6 nitrogen and oxygen atoms in total. The van der Waals surface area contributed by atoms with Gasteiger partial charge in [0.25, 0.3) is 0 Å². The summed E-state index contributed by atoms with van der Waals surface area (Å²) in [5, 5.41) is 19.3. The lowest BCUT2D eigenvalue weighted by molar-refractivity contribution is 0.317. The zero-order chi connectivity index (χ0) is 12.0. The van der Waals surface area contributed by atoms with Gasteiger partial charge in [0, 0.05) is 19.5 Å². The Morgan fingerprint density at radius 1 is 1.62 bits per heavy atom. The van der Waals surface area contributed by atoms with Crippen LogP contribution in [0.2, 0.25) is 0 Å². The van der Waals surface area contributed by atoms with Crippen LogP contribution in [0.4, 0.5) is 5.82 Å². The van der Waals surface area contributed by atoms with Gasteiger partial charge in [-0.05, 0) is 25.5 Å². The molecule has 6 heteroatoms. The molecule has 0 bridgehead atoms. The molecule has 1 aromatic heterocycles. The van der Waals surface area contributed by atoms with Gasteiger partial charge in [-0.3, -0.25) is 0 Å². The molecule has 0 saturated carbocycles. The quantitative estimate of drug-likeness (QED) is 0.333. The summed E-state index contributed by atoms with van der Waals surface area (Å²) in [6.45, 7) is 5.45. The maximum absolute atomic E-state index is 8.45. The second-order valence-electron chi connectivity index (χ2n) is 3.51. The summed E-state index contributed by atoms with van der Waals surface area (Å²) in [4.78, 5) is 2.03. The van der Waals surface area contributed by atoms with Crippen LogP contribution in [0.5, 0.6) is 0 Å². The first-order valence-corrected chi connectivity index (χ1v) is 5.18. The molecule has 0 unspecified atom stereocenters. The molecule has 0 aliphatic rings. The molecule has 3 N–H and O–H groups in total. The Labute approximate surface area is 94.8 Å². The van der Waals surface area contributed by atoms with Crippen molar-refractivity contribution in [3.8, 4) is 0 Å². The summed E-state index contributed by atoms with van der Waals surface area (Å²) in [6.07, 6.45) is 2.21. The van der Waals surface area contributed by atoms with Crippen molar-refractivity contribution in [3.05, 3.63) is 17.8 Å². The zero-order valence-corrected chi connectivity index (χ0v) is 9.59. The second-order valence-corrected chi connectivity index (χ2v) is 3.51. The molecule has 16 heavy (non-hydrogen) atoms. The fraction of sp³-hybridized carbons (Fsp3) is 0.500. The standard InChI is InChI=1S/C10H17N5O/c1-3-15(5-4-9(11)14-16)10-6-8(2)7-12-13-10/h6-7,16H,3-5H2,1-2H3,(H2,11,14). The van der Waals surface area contributed by atoms with Crippen LogP contribution in [-0.4, -0.2) is 34.3 Å². The van der Waals surface area contributed by atoms with Crippen LogP contribution in [0.15, 0.2) is 17.4 Å². The van der Waals surface area contributed by atoms with Crippen molar-refractivity contribution in [3.63, 3.8) is 0 Å². The lowest BCUT2D eigenvalue weighted by Gasteiger charge is -2.20. The predicted octanol–water partition coefficient (Wildman–Crippen LogP) is 0.748. The topological polar surface area (TPSA) is 87.6 Å². The maximum Gasteiger partial charge on any atom is 0.151 e. The number of anilines is 1. The fourth-order valence-electron chi connectivity index (χ4n) is 1.34. The lowest BCUT2D eigenvalue weighted by Crippen LogP contribution is -2.28. The summed E-state index contributed by atoms with van der Waals surface area (Å²) >= 11 is 0. The highest BCUT2D eigenvalue weighted by atomic mass is 16.4. The molecule has 0 aromatic carbocycles. The van der Waals surface area contributed by atoms with E-state index >= 15 is 0 Å². The third-order valence-electron chi connectivity index (χ3n) is 2.25. The van der Waals surface area contributed by atoms with Crippen molar-refractivity contribution in [2.45, 2.75) is 20.3 Å². The Morgan fingerprint density at radius 3 is 2.94 bits per heavy atom. The highest BCUT2D eigenvalue weighted by Crippen LogP contribution is 2.10. The third kappa shape index (κ3) is 3.38. The van der Waals surface area contributed by atoms with Crippen LogP contribution in [0, 0.1) is 6.92 Å². The summed E-state index contributed by atoms with van der Waals surface area (Å²) in [5.74, 6) is 1.03. The van der Waals surface area contributed by atoms with Crippen molar-refractivity contribution in [1.82, 2.24) is 10.2 Å². The van der Waals surface area contributed by atoms with Crippen LogP contribution in [-0.2, 0) is 0 Å². The predicted molar refractivity (Wildman–Crippen MR) is 62.7 cm³/mol. The Kier molecular flexibility index (Phi) is 4.50. The van der Waals surface area contributed by atoms with Crippen molar-refractivity contribution in [2.75, 3.05) is 18.0 Å². The first-order valence-electron chi connectivity index (χ1n) is 5.18. The molecule has 1 rings (SSSR count). The molecule has 1 aromatic rings. The molecule has 88 valence electrons. The van der Waals surface area contributed by atoms with E-state index < -0.39 is 0 Å². The van der Waals surface area contributed by atoms with E-state index in [1.54, 1.807) is 6.20 Å². The number of rotatable bonds is 5. The van der Waals surface area contributed by atoms with Crippen LogP contribution in [0.3, 0.4) is 0 Å². The number of hydrogen-bond donors (Lipinski definition) is 2. The van der Waals surface area contributed by atoms with Crippen molar-refractivity contribution >= 4 is 11.7 Å². The van der Waals surface area contributed by atoms with Crippen LogP contribution in [0.25, 0.3) is 0 Å². The van der Waals surface area contributed by atoms with Gasteiger partial charge < -0.3 is 15.8 Å². The highest BCUT2D eigenvalue weighted by molar-refractivity contribution is 5.80. The minimum absolute atomic E-state index is 0.221. The SMILES string of the molecule is CCN(CC/C(N)=N/O)c1cc(C)cnn1. The van der Waals surface area contributed by atoms with Gasteiger partial charge >= 0.3 is 0 Å². The van der Waals surface area contributed by atoms with Gasteiger partial charge in [0.1, 0.15) is 5.84 Å². The minimum atomic E-state index is 0.221. The van der Waals surface area contributed by atoms with Gasteiger partial charge in [-0.2, -0.15) is 5.10 Å². The minimum Gasteiger partial charge on any atom is -0.409 e. The lowest BCUT2D eigenvalue weighted by atomic mass is 10.3. The first-order chi connectivity index (χ1) is 7.67. The van der Waals surface area contributed by atoms with E-state index in [1.807, 2.05) is 24.8 Å². The number of hydrogen-bond acceptors (Lipinski definition) is 5. The average molecular weight is 223 g/mol. The Balaban J connectivity index is 2.67. The molecule has 0 amide bonds. The van der Waals surface area contributed by atoms with E-state index in [4.69, 9.17) is 10.9 Å². The fourth-order valence-corrected chi connectivity index (χ4v) is 1.34. The highest BCUT2D eigenvalue weighted by Gasteiger charge is 2.07. The summed E-state index contributed by atoms with van der Waals surface area (Å²) in [5.41, 5.74) is 6.48. The average Bonchev–Trinajstić information content (AvgIpc) is 2.29. The molecule has 1 heterocycles. The molecule has 0 radical (unpaired) electrons. The molecule has 0 fully saturated rings. The molecular formula is C10H17N5O. The van der Waals surface area contributed by atoms with Crippen LogP contribution < -0.4 is 10.6 Å². The van der Waals surface area contributed by atoms with E-state index in [-0.39, 0.29) is 5.84 Å². The van der Waals surface area contributed by atoms with Gasteiger partial charge in [-0.1, -0.05) is 5.16 Å². The van der Waals surface area contributed by atoms with Gasteiger partial charge in [-0.25, -0.2) is 0 Å². The smallest absolute Gasteiger partial charge is 0.151 e. The number of oxime groups is 1. The Morgan fingerprint density at radius 2 is 2.38 bits per heavy atom. The third-order valence-corrected chi connectivity index (χ3v) is 2.25. The Bertz CT molecular complexity index is 366. The van der Waals surface area contributed by atoms with E-state index in [9.17, 15) is 0 Å². The number of amidine groups is 1. The first kappa shape index (κ1) is 12.2. The number of aromatic nitrogens is 2. The second kappa shape index (κ2) is 5.89. The van der Waals surface area contributed by atoms with Gasteiger partial charge in [0.05, 0.1) is 6.20 Å². The molecule has 0 aliphatic carbocycles. The Hall–Kier alpha value is -1.85. The van der Waals surface area contributed by atoms with E-state index in [2.05, 4.69) is 15.4 Å².